The number of methoxy groups -OCH3 is 2. The highest BCUT2D eigenvalue weighted by Crippen LogP contribution is 2.45. The zero-order chi connectivity index (χ0) is 30.8. The van der Waals surface area contributed by atoms with Crippen molar-refractivity contribution in [2.24, 2.45) is 10.3 Å². The smallest absolute Gasteiger partial charge is 0.269 e. The maximum Gasteiger partial charge on any atom is 0.269 e. The molecule has 230 valence electrons. The van der Waals surface area contributed by atoms with Crippen LogP contribution in [0.4, 0.5) is 0 Å². The van der Waals surface area contributed by atoms with Crippen molar-refractivity contribution in [2.45, 2.75) is 55.2 Å². The lowest BCUT2D eigenvalue weighted by Gasteiger charge is -2.33. The van der Waals surface area contributed by atoms with Crippen LogP contribution in [0.25, 0.3) is 0 Å². The van der Waals surface area contributed by atoms with Crippen LogP contribution in [-0.4, -0.2) is 95.4 Å². The molecule has 0 aromatic rings. The summed E-state index contributed by atoms with van der Waals surface area (Å²) < 4.78 is 12.3. The van der Waals surface area contributed by atoms with Gasteiger partial charge in [0.15, 0.2) is 11.2 Å². The second-order valence-electron chi connectivity index (χ2n) is 9.84. The minimum Gasteiger partial charge on any atom is -0.495 e. The number of nitrogens with zero attached hydrogens (tertiary/aromatic N) is 2. The number of carbonyl (C=O) groups is 2. The third-order valence-electron chi connectivity index (χ3n) is 6.99. The average molecular weight is 848 g/mol. The molecule has 17 heteroatoms. The Labute approximate surface area is 274 Å². The fourth-order valence-corrected chi connectivity index (χ4v) is 8.28. The number of halogens is 4. The predicted octanol–water partition coefficient (Wildman–Crippen LogP) is 2.20. The Kier molecular flexibility index (Phi) is 10.6. The maximum absolute atomic E-state index is 12.6. The number of hydrogen-bond acceptors (Lipinski definition) is 11. The molecular weight excluding hydrogens is 820 g/mol. The van der Waals surface area contributed by atoms with E-state index in [1.807, 2.05) is 0 Å². The Morgan fingerprint density at radius 3 is 1.83 bits per heavy atom. The number of allylic oxidation sites excluding steroid dienone is 2. The quantitative estimate of drug-likeness (QED) is 0.206. The monoisotopic (exact) mass is 844 g/mol. The van der Waals surface area contributed by atoms with Crippen LogP contribution in [0.3, 0.4) is 0 Å². The molecule has 0 saturated heterocycles. The Balaban J connectivity index is 1.17. The summed E-state index contributed by atoms with van der Waals surface area (Å²) in [6.45, 7) is 0.190. The molecule has 1 unspecified atom stereocenters. The van der Waals surface area contributed by atoms with Gasteiger partial charge in [0.05, 0.1) is 38.3 Å². The van der Waals surface area contributed by atoms with Gasteiger partial charge in [-0.1, -0.05) is 10.3 Å². The van der Waals surface area contributed by atoms with Crippen LogP contribution in [0.1, 0.15) is 25.7 Å². The highest BCUT2D eigenvalue weighted by Gasteiger charge is 2.51. The van der Waals surface area contributed by atoms with Gasteiger partial charge in [0.25, 0.3) is 11.8 Å². The predicted molar refractivity (Wildman–Crippen MR) is 165 cm³/mol. The van der Waals surface area contributed by atoms with Crippen molar-refractivity contribution in [1.82, 2.24) is 10.6 Å². The van der Waals surface area contributed by atoms with E-state index < -0.39 is 41.3 Å². The van der Waals surface area contributed by atoms with Gasteiger partial charge in [-0.2, -0.15) is 0 Å². The van der Waals surface area contributed by atoms with E-state index in [-0.39, 0.29) is 43.8 Å². The number of ether oxygens (including phenoxy) is 2. The van der Waals surface area contributed by atoms with E-state index in [1.165, 1.54) is 14.2 Å². The lowest BCUT2D eigenvalue weighted by Crippen LogP contribution is -2.45. The van der Waals surface area contributed by atoms with Gasteiger partial charge in [0.1, 0.15) is 35.1 Å². The maximum atomic E-state index is 12.6. The van der Waals surface area contributed by atoms with Gasteiger partial charge in [0, 0.05) is 25.9 Å². The zero-order valence-corrected chi connectivity index (χ0v) is 28.7. The standard InChI is InChI=1S/C25H28Br4N4O9/c1-39-18-12(26)6-24(20(35)16(18)28)8-14(32-41-24)22(37)30-5-3-4-11(34)10-31-23(38)15-9-25(42-33-15)7-13(27)19(40-2)17(29)21(25)36/h6-7,11,20-21,34-36H,3-5,8-10H2,1-2H3,(H,30,37)(H,31,38)/t11?,20-,21-,24+,25+/m0/s1. The number of amides is 2. The minimum absolute atomic E-state index is 0.00274. The summed E-state index contributed by atoms with van der Waals surface area (Å²) in [4.78, 5) is 36.2. The second kappa shape index (κ2) is 13.5. The first-order chi connectivity index (χ1) is 19.9. The van der Waals surface area contributed by atoms with Crippen LogP contribution in [-0.2, 0) is 28.7 Å². The summed E-state index contributed by atoms with van der Waals surface area (Å²) in [6, 6.07) is 0. The van der Waals surface area contributed by atoms with Crippen molar-refractivity contribution < 1.29 is 44.1 Å². The Hall–Kier alpha value is -1.76. The Morgan fingerprint density at radius 1 is 0.929 bits per heavy atom. The van der Waals surface area contributed by atoms with E-state index in [9.17, 15) is 24.9 Å². The summed E-state index contributed by atoms with van der Waals surface area (Å²) >= 11 is 13.4. The SMILES string of the molecule is COC1=C(Br)[C@H](O)[C@@]2(C=C1Br)CC(C(=O)NCCCC(O)CNC(=O)C1=NO[C@]3(C=C(Br)C(OC)=C(Br)[C@@H]3O)C1)=NO2. The Bertz CT molecular complexity index is 1330. The molecule has 5 N–H and O–H groups in total. The summed E-state index contributed by atoms with van der Waals surface area (Å²) in [6.07, 6.45) is 0.792. The summed E-state index contributed by atoms with van der Waals surface area (Å²) in [5.41, 5.74) is -2.35. The fraction of sp³-hybridized carbons (Fsp3) is 0.520. The van der Waals surface area contributed by atoms with E-state index in [0.717, 1.165) is 0 Å². The van der Waals surface area contributed by atoms with Gasteiger partial charge in [-0.05, 0) is 88.7 Å². The van der Waals surface area contributed by atoms with Crippen molar-refractivity contribution in [3.8, 4) is 0 Å². The summed E-state index contributed by atoms with van der Waals surface area (Å²) in [7, 11) is 2.93. The third kappa shape index (κ3) is 6.51. The molecule has 4 rings (SSSR count). The minimum atomic E-state index is -1.28. The molecule has 2 heterocycles. The number of aliphatic hydroxyl groups is 3. The van der Waals surface area contributed by atoms with Crippen LogP contribution in [0.2, 0.25) is 0 Å². The molecule has 0 aromatic heterocycles. The molecule has 0 radical (unpaired) electrons. The topological polar surface area (TPSA) is 181 Å². The molecule has 5 atom stereocenters. The number of nitrogens with one attached hydrogen (secondary N) is 2. The Morgan fingerprint density at radius 2 is 1.38 bits per heavy atom. The van der Waals surface area contributed by atoms with E-state index in [0.29, 0.717) is 35.9 Å². The molecule has 0 aromatic carbocycles. The van der Waals surface area contributed by atoms with Crippen LogP contribution in [0.5, 0.6) is 0 Å². The summed E-state index contributed by atoms with van der Waals surface area (Å²) in [5.74, 6) is -0.172. The molecule has 2 aliphatic heterocycles. The molecule has 2 spiro atoms. The van der Waals surface area contributed by atoms with Crippen molar-refractivity contribution >= 4 is 87.0 Å². The van der Waals surface area contributed by atoms with E-state index in [1.54, 1.807) is 12.2 Å². The van der Waals surface area contributed by atoms with Crippen molar-refractivity contribution in [3.05, 3.63) is 41.6 Å². The molecule has 42 heavy (non-hydrogen) atoms. The first-order valence-corrected chi connectivity index (χ1v) is 15.8. The van der Waals surface area contributed by atoms with Crippen LogP contribution >= 0.6 is 63.7 Å². The van der Waals surface area contributed by atoms with Crippen LogP contribution in [0, 0.1) is 0 Å². The fourth-order valence-electron chi connectivity index (χ4n) is 4.69. The molecule has 0 fully saturated rings. The van der Waals surface area contributed by atoms with Gasteiger partial charge in [-0.3, -0.25) is 9.59 Å². The molecular formula is C25H28Br4N4O9. The van der Waals surface area contributed by atoms with E-state index in [4.69, 9.17) is 19.1 Å². The van der Waals surface area contributed by atoms with Crippen molar-refractivity contribution in [3.63, 3.8) is 0 Å². The van der Waals surface area contributed by atoms with Gasteiger partial charge in [-0.25, -0.2) is 0 Å². The second-order valence-corrected chi connectivity index (χ2v) is 13.3. The van der Waals surface area contributed by atoms with Crippen molar-refractivity contribution in [1.29, 1.82) is 0 Å². The molecule has 0 saturated carbocycles. The third-order valence-corrected chi connectivity index (χ3v) is 9.75. The largest absolute Gasteiger partial charge is 0.495 e. The highest BCUT2D eigenvalue weighted by atomic mass is 79.9. The van der Waals surface area contributed by atoms with Gasteiger partial charge >= 0.3 is 0 Å². The highest BCUT2D eigenvalue weighted by molar-refractivity contribution is 9.12. The van der Waals surface area contributed by atoms with Gasteiger partial charge in [-0.15, -0.1) is 0 Å². The first kappa shape index (κ1) is 33.1. The lowest BCUT2D eigenvalue weighted by molar-refractivity contribution is -0.115. The number of rotatable bonds is 10. The number of aliphatic hydroxyl groups excluding tert-OH is 3. The molecule has 13 nitrogen and oxygen atoms in total. The van der Waals surface area contributed by atoms with Crippen LogP contribution < -0.4 is 10.6 Å². The molecule has 2 aliphatic carbocycles. The lowest BCUT2D eigenvalue weighted by atomic mass is 9.87. The number of hydrogen-bond donors (Lipinski definition) is 5. The van der Waals surface area contributed by atoms with Gasteiger partial charge < -0.3 is 45.1 Å². The average Bonchev–Trinajstić information content (AvgIpc) is 3.58. The normalized spacial score (nSPS) is 29.4. The molecule has 0 bridgehead atoms. The number of oxime groups is 2. The van der Waals surface area contributed by atoms with Gasteiger partial charge in [0.2, 0.25) is 0 Å². The number of carbonyl (C=O) groups excluding carboxylic acids is 2. The van der Waals surface area contributed by atoms with E-state index >= 15 is 0 Å². The first-order valence-electron chi connectivity index (χ1n) is 12.6. The van der Waals surface area contributed by atoms with Crippen molar-refractivity contribution in [2.75, 3.05) is 27.3 Å². The molecule has 2 amide bonds. The molecule has 4 aliphatic rings. The van der Waals surface area contributed by atoms with Crippen LogP contribution in [0.15, 0.2) is 51.9 Å². The van der Waals surface area contributed by atoms with E-state index in [2.05, 4.69) is 84.7 Å². The zero-order valence-electron chi connectivity index (χ0n) is 22.3. The summed E-state index contributed by atoms with van der Waals surface area (Å²) in [5, 5.41) is 44.9.